The molecule has 80 valence electrons. The van der Waals surface area contributed by atoms with Crippen LogP contribution in [0.25, 0.3) is 0 Å². The number of hydrogen-bond acceptors (Lipinski definition) is 3. The predicted molar refractivity (Wildman–Crippen MR) is 48.9 cm³/mol. The van der Waals surface area contributed by atoms with Crippen molar-refractivity contribution in [3.05, 3.63) is 0 Å². The molecule has 1 saturated heterocycles. The number of ether oxygens (including phenoxy) is 1. The summed E-state index contributed by atoms with van der Waals surface area (Å²) in [6.45, 7) is 2.00. The monoisotopic (exact) mass is 201 g/mol. The van der Waals surface area contributed by atoms with Gasteiger partial charge in [0.2, 0.25) is 5.91 Å². The van der Waals surface area contributed by atoms with E-state index in [2.05, 4.69) is 5.32 Å². The molecule has 1 unspecified atom stereocenters. The van der Waals surface area contributed by atoms with Gasteiger partial charge in [0.15, 0.2) is 5.54 Å². The first-order chi connectivity index (χ1) is 6.60. The molecule has 5 heteroatoms. The van der Waals surface area contributed by atoms with Crippen molar-refractivity contribution < 1.29 is 19.4 Å². The fourth-order valence-electron chi connectivity index (χ4n) is 1.49. The number of unbranched alkanes of at least 4 members (excludes halogenated alkanes) is 1. The molecule has 2 N–H and O–H groups in total. The molecule has 1 aliphatic rings. The zero-order valence-corrected chi connectivity index (χ0v) is 8.21. The smallest absolute Gasteiger partial charge is 0.331 e. The standard InChI is InChI=1S/C9H15NO4/c1-2-3-4-9(8(12)13)6-14-5-7(11)10-9/h2-6H2,1H3,(H,10,11)(H,12,13). The number of amides is 1. The van der Waals surface area contributed by atoms with Crippen LogP contribution < -0.4 is 5.32 Å². The maximum absolute atomic E-state index is 11.0. The Balaban J connectivity index is 2.69. The SMILES string of the molecule is CCCCC1(C(=O)O)COCC(=O)N1. The summed E-state index contributed by atoms with van der Waals surface area (Å²) in [5.74, 6) is -1.37. The first-order valence-electron chi connectivity index (χ1n) is 4.73. The third-order valence-corrected chi connectivity index (χ3v) is 2.33. The summed E-state index contributed by atoms with van der Waals surface area (Å²) in [6, 6.07) is 0. The van der Waals surface area contributed by atoms with Crippen molar-refractivity contribution >= 4 is 11.9 Å². The van der Waals surface area contributed by atoms with Crippen LogP contribution in [0.2, 0.25) is 0 Å². The quantitative estimate of drug-likeness (QED) is 0.678. The first-order valence-corrected chi connectivity index (χ1v) is 4.73. The van der Waals surface area contributed by atoms with E-state index in [1.54, 1.807) is 0 Å². The van der Waals surface area contributed by atoms with Crippen LogP contribution in [0.15, 0.2) is 0 Å². The Kier molecular flexibility index (Phi) is 3.46. The lowest BCUT2D eigenvalue weighted by atomic mass is 9.92. The third kappa shape index (κ3) is 2.23. The number of aliphatic carboxylic acids is 1. The van der Waals surface area contributed by atoms with Gasteiger partial charge in [0, 0.05) is 0 Å². The first kappa shape index (κ1) is 11.0. The fourth-order valence-corrected chi connectivity index (χ4v) is 1.49. The minimum absolute atomic E-state index is 0.0405. The third-order valence-electron chi connectivity index (χ3n) is 2.33. The van der Waals surface area contributed by atoms with Crippen molar-refractivity contribution in [3.8, 4) is 0 Å². The molecule has 1 aliphatic heterocycles. The second-order valence-corrected chi connectivity index (χ2v) is 3.53. The molecule has 14 heavy (non-hydrogen) atoms. The van der Waals surface area contributed by atoms with E-state index < -0.39 is 11.5 Å². The fraction of sp³-hybridized carbons (Fsp3) is 0.778. The van der Waals surface area contributed by atoms with Gasteiger partial charge in [-0.05, 0) is 6.42 Å². The van der Waals surface area contributed by atoms with E-state index in [9.17, 15) is 9.59 Å². The number of carboxylic acid groups (broad SMARTS) is 1. The Morgan fingerprint density at radius 3 is 2.93 bits per heavy atom. The minimum atomic E-state index is -1.20. The van der Waals surface area contributed by atoms with Crippen molar-refractivity contribution in [1.82, 2.24) is 5.32 Å². The molecule has 0 bridgehead atoms. The number of morpholine rings is 1. The van der Waals surface area contributed by atoms with Gasteiger partial charge in [-0.2, -0.15) is 0 Å². The van der Waals surface area contributed by atoms with E-state index in [1.165, 1.54) is 0 Å². The largest absolute Gasteiger partial charge is 0.479 e. The average molecular weight is 201 g/mol. The van der Waals surface area contributed by atoms with Crippen molar-refractivity contribution in [2.45, 2.75) is 31.7 Å². The van der Waals surface area contributed by atoms with E-state index in [0.717, 1.165) is 12.8 Å². The second kappa shape index (κ2) is 4.41. The lowest BCUT2D eigenvalue weighted by molar-refractivity contribution is -0.157. The van der Waals surface area contributed by atoms with Crippen LogP contribution >= 0.6 is 0 Å². The summed E-state index contributed by atoms with van der Waals surface area (Å²) >= 11 is 0. The molecule has 0 aromatic carbocycles. The maximum atomic E-state index is 11.0. The van der Waals surface area contributed by atoms with Gasteiger partial charge in [-0.1, -0.05) is 19.8 Å². The zero-order valence-electron chi connectivity index (χ0n) is 8.21. The highest BCUT2D eigenvalue weighted by atomic mass is 16.5. The molecular weight excluding hydrogens is 186 g/mol. The molecular formula is C9H15NO4. The minimum Gasteiger partial charge on any atom is -0.479 e. The summed E-state index contributed by atoms with van der Waals surface area (Å²) in [4.78, 5) is 22.1. The average Bonchev–Trinajstić information content (AvgIpc) is 2.14. The summed E-state index contributed by atoms with van der Waals surface area (Å²) in [5.41, 5.74) is -1.20. The molecule has 0 radical (unpaired) electrons. The zero-order chi connectivity index (χ0) is 10.6. The van der Waals surface area contributed by atoms with Gasteiger partial charge in [-0.25, -0.2) is 4.79 Å². The van der Waals surface area contributed by atoms with Gasteiger partial charge in [0.25, 0.3) is 0 Å². The molecule has 1 fully saturated rings. The Morgan fingerprint density at radius 1 is 1.71 bits per heavy atom. The second-order valence-electron chi connectivity index (χ2n) is 3.53. The molecule has 5 nitrogen and oxygen atoms in total. The number of rotatable bonds is 4. The van der Waals surface area contributed by atoms with Crippen LogP contribution in [0.1, 0.15) is 26.2 Å². The van der Waals surface area contributed by atoms with Crippen LogP contribution in [0, 0.1) is 0 Å². The topological polar surface area (TPSA) is 75.6 Å². The van der Waals surface area contributed by atoms with Crippen LogP contribution in [-0.4, -0.2) is 35.7 Å². The predicted octanol–water partition coefficient (Wildman–Crippen LogP) is 0.146. The van der Waals surface area contributed by atoms with Crippen molar-refractivity contribution in [2.75, 3.05) is 13.2 Å². The highest BCUT2D eigenvalue weighted by molar-refractivity contribution is 5.88. The van der Waals surface area contributed by atoms with Gasteiger partial charge < -0.3 is 15.2 Å². The number of hydrogen-bond donors (Lipinski definition) is 2. The Bertz CT molecular complexity index is 241. The summed E-state index contributed by atoms with van der Waals surface area (Å²) < 4.78 is 4.96. The van der Waals surface area contributed by atoms with Crippen molar-refractivity contribution in [3.63, 3.8) is 0 Å². The number of nitrogens with one attached hydrogen (secondary N) is 1. The lowest BCUT2D eigenvalue weighted by Crippen LogP contribution is -2.61. The van der Waals surface area contributed by atoms with Crippen molar-refractivity contribution in [2.24, 2.45) is 0 Å². The highest BCUT2D eigenvalue weighted by Gasteiger charge is 2.42. The van der Waals surface area contributed by atoms with Crippen LogP contribution in [0.4, 0.5) is 0 Å². The van der Waals surface area contributed by atoms with Crippen LogP contribution in [0.3, 0.4) is 0 Å². The highest BCUT2D eigenvalue weighted by Crippen LogP contribution is 2.18. The number of carboxylic acids is 1. The molecule has 1 heterocycles. The summed E-state index contributed by atoms with van der Waals surface area (Å²) in [6.07, 6.45) is 2.07. The molecule has 0 aromatic heterocycles. The normalized spacial score (nSPS) is 27.1. The Labute approximate surface area is 82.4 Å². The van der Waals surface area contributed by atoms with E-state index in [-0.39, 0.29) is 19.1 Å². The van der Waals surface area contributed by atoms with E-state index >= 15 is 0 Å². The molecule has 1 amide bonds. The molecule has 0 saturated carbocycles. The summed E-state index contributed by atoms with van der Waals surface area (Å²) in [5, 5.41) is 11.5. The molecule has 0 spiro atoms. The number of carbonyl (C=O) groups excluding carboxylic acids is 1. The molecule has 0 aromatic rings. The van der Waals surface area contributed by atoms with Gasteiger partial charge in [-0.15, -0.1) is 0 Å². The van der Waals surface area contributed by atoms with Gasteiger partial charge in [0.05, 0.1) is 6.61 Å². The molecule has 1 rings (SSSR count). The van der Waals surface area contributed by atoms with Gasteiger partial charge >= 0.3 is 5.97 Å². The Morgan fingerprint density at radius 2 is 2.43 bits per heavy atom. The summed E-state index contributed by atoms with van der Waals surface area (Å²) in [7, 11) is 0. The van der Waals surface area contributed by atoms with Crippen molar-refractivity contribution in [1.29, 1.82) is 0 Å². The van der Waals surface area contributed by atoms with Crippen LogP contribution in [0.5, 0.6) is 0 Å². The Hall–Kier alpha value is -1.10. The lowest BCUT2D eigenvalue weighted by Gasteiger charge is -2.33. The molecule has 1 atom stereocenters. The maximum Gasteiger partial charge on any atom is 0.331 e. The molecule has 0 aliphatic carbocycles. The van der Waals surface area contributed by atoms with E-state index in [1.807, 2.05) is 6.92 Å². The van der Waals surface area contributed by atoms with Gasteiger partial charge in [0.1, 0.15) is 6.61 Å². The number of carbonyl (C=O) groups is 2. The van der Waals surface area contributed by atoms with E-state index in [0.29, 0.717) is 6.42 Å². The van der Waals surface area contributed by atoms with Crippen LogP contribution in [-0.2, 0) is 14.3 Å². The van der Waals surface area contributed by atoms with E-state index in [4.69, 9.17) is 9.84 Å². The van der Waals surface area contributed by atoms with Gasteiger partial charge in [-0.3, -0.25) is 4.79 Å².